The van der Waals surface area contributed by atoms with E-state index in [2.05, 4.69) is 9.46 Å². The van der Waals surface area contributed by atoms with Crippen LogP contribution in [0.2, 0.25) is 10.0 Å². The molecule has 2 aromatic rings. The number of rotatable bonds is 7. The molecule has 1 aliphatic heterocycles. The van der Waals surface area contributed by atoms with E-state index in [1.807, 2.05) is 4.90 Å². The molecule has 1 atom stereocenters. The fourth-order valence-electron chi connectivity index (χ4n) is 3.06. The Morgan fingerprint density at radius 3 is 2.29 bits per heavy atom. The number of benzene rings is 2. The second-order valence-electron chi connectivity index (χ2n) is 6.78. The summed E-state index contributed by atoms with van der Waals surface area (Å²) in [5.41, 5.74) is 0.599. The van der Waals surface area contributed by atoms with E-state index in [1.54, 1.807) is 18.2 Å². The van der Waals surface area contributed by atoms with Crippen LogP contribution in [0.4, 0.5) is 13.2 Å². The zero-order valence-corrected chi connectivity index (χ0v) is 18.4. The van der Waals surface area contributed by atoms with Gasteiger partial charge in [-0.15, -0.1) is 13.2 Å². The Morgan fingerprint density at radius 2 is 1.71 bits per heavy atom. The van der Waals surface area contributed by atoms with Gasteiger partial charge in [0.25, 0.3) is 0 Å². The van der Waals surface area contributed by atoms with Crippen molar-refractivity contribution in [1.82, 2.24) is 9.62 Å². The molecule has 3 rings (SSSR count). The Labute approximate surface area is 187 Å². The molecule has 2 aromatic carbocycles. The summed E-state index contributed by atoms with van der Waals surface area (Å²) in [5, 5.41) is 0.609. The Balaban J connectivity index is 1.83. The van der Waals surface area contributed by atoms with E-state index in [-0.39, 0.29) is 9.92 Å². The van der Waals surface area contributed by atoms with E-state index in [0.717, 1.165) is 24.3 Å². The molecule has 0 saturated carbocycles. The predicted molar refractivity (Wildman–Crippen MR) is 110 cm³/mol. The van der Waals surface area contributed by atoms with Crippen molar-refractivity contribution in [3.8, 4) is 5.75 Å². The summed E-state index contributed by atoms with van der Waals surface area (Å²) >= 11 is 12.1. The van der Waals surface area contributed by atoms with Crippen molar-refractivity contribution in [2.45, 2.75) is 17.3 Å². The molecule has 1 N–H and O–H groups in total. The van der Waals surface area contributed by atoms with Gasteiger partial charge in [-0.1, -0.05) is 29.3 Å². The molecular formula is C19H19Cl2F3N2O4S. The maximum Gasteiger partial charge on any atom is 0.573 e. The van der Waals surface area contributed by atoms with E-state index >= 15 is 0 Å². The minimum atomic E-state index is -4.87. The van der Waals surface area contributed by atoms with E-state index < -0.39 is 28.2 Å². The fourth-order valence-corrected chi connectivity index (χ4v) is 4.58. The van der Waals surface area contributed by atoms with Gasteiger partial charge < -0.3 is 9.47 Å². The molecule has 0 aromatic heterocycles. The third-order valence-electron chi connectivity index (χ3n) is 4.56. The van der Waals surface area contributed by atoms with Crippen LogP contribution in [-0.2, 0) is 14.8 Å². The second kappa shape index (κ2) is 9.93. The summed E-state index contributed by atoms with van der Waals surface area (Å²) in [6.45, 7) is 2.66. The third-order valence-corrected chi connectivity index (χ3v) is 6.78. The van der Waals surface area contributed by atoms with Crippen molar-refractivity contribution in [2.75, 3.05) is 32.8 Å². The maximum absolute atomic E-state index is 12.9. The monoisotopic (exact) mass is 498 g/mol. The molecule has 170 valence electrons. The molecular weight excluding hydrogens is 480 g/mol. The van der Waals surface area contributed by atoms with Gasteiger partial charge in [-0.3, -0.25) is 4.90 Å². The molecule has 1 fully saturated rings. The van der Waals surface area contributed by atoms with E-state index in [9.17, 15) is 21.6 Å². The number of hydrogen-bond acceptors (Lipinski definition) is 5. The van der Waals surface area contributed by atoms with Crippen LogP contribution in [0, 0.1) is 0 Å². The molecule has 0 unspecified atom stereocenters. The van der Waals surface area contributed by atoms with Crippen molar-refractivity contribution < 1.29 is 31.1 Å². The van der Waals surface area contributed by atoms with Crippen LogP contribution >= 0.6 is 23.2 Å². The number of morpholine rings is 1. The highest BCUT2D eigenvalue weighted by atomic mass is 35.5. The van der Waals surface area contributed by atoms with Crippen LogP contribution in [0.3, 0.4) is 0 Å². The summed E-state index contributed by atoms with van der Waals surface area (Å²) in [6, 6.07) is 8.12. The van der Waals surface area contributed by atoms with Crippen LogP contribution in [0.1, 0.15) is 11.6 Å². The summed E-state index contributed by atoms with van der Waals surface area (Å²) in [6.07, 6.45) is -4.87. The zero-order chi connectivity index (χ0) is 22.6. The van der Waals surface area contributed by atoms with Gasteiger partial charge in [-0.05, 0) is 42.0 Å². The van der Waals surface area contributed by atoms with Crippen molar-refractivity contribution >= 4 is 33.2 Å². The second-order valence-corrected chi connectivity index (χ2v) is 9.31. The highest BCUT2D eigenvalue weighted by molar-refractivity contribution is 7.89. The Hall–Kier alpha value is -1.56. The lowest BCUT2D eigenvalue weighted by Gasteiger charge is -2.31. The molecule has 0 spiro atoms. The van der Waals surface area contributed by atoms with E-state index in [0.29, 0.717) is 43.4 Å². The standard InChI is InChI=1S/C19H19Cl2F3N2O4S/c20-16-6-1-13(11-17(16)21)18(12-26-7-9-29-10-8-26)25-31(27,28)15-4-2-14(3-5-15)30-19(22,23)24/h1-6,11,18,25H,7-10,12H2/t18-/m1/s1. The van der Waals surface area contributed by atoms with Gasteiger partial charge in [0.15, 0.2) is 0 Å². The molecule has 0 aliphatic carbocycles. The molecule has 6 nitrogen and oxygen atoms in total. The Morgan fingerprint density at radius 1 is 1.06 bits per heavy atom. The van der Waals surface area contributed by atoms with Gasteiger partial charge >= 0.3 is 6.36 Å². The minimum Gasteiger partial charge on any atom is -0.406 e. The molecule has 0 radical (unpaired) electrons. The zero-order valence-electron chi connectivity index (χ0n) is 16.0. The number of ether oxygens (including phenoxy) is 2. The lowest BCUT2D eigenvalue weighted by molar-refractivity contribution is -0.274. The molecule has 0 bridgehead atoms. The highest BCUT2D eigenvalue weighted by Gasteiger charge is 2.31. The van der Waals surface area contributed by atoms with Crippen LogP contribution in [0.15, 0.2) is 47.4 Å². The summed E-state index contributed by atoms with van der Waals surface area (Å²) in [5.74, 6) is -0.513. The van der Waals surface area contributed by atoms with Gasteiger partial charge in [0.05, 0.1) is 34.2 Å². The summed E-state index contributed by atoms with van der Waals surface area (Å²) in [4.78, 5) is 1.84. The number of alkyl halides is 3. The predicted octanol–water partition coefficient (Wildman–Crippen LogP) is 4.24. The third kappa shape index (κ3) is 6.96. The van der Waals surface area contributed by atoms with Crippen molar-refractivity contribution in [3.63, 3.8) is 0 Å². The minimum absolute atomic E-state index is 0.200. The number of sulfonamides is 1. The first-order chi connectivity index (χ1) is 14.5. The van der Waals surface area contributed by atoms with Gasteiger partial charge in [0.2, 0.25) is 10.0 Å². The van der Waals surface area contributed by atoms with Crippen LogP contribution in [-0.4, -0.2) is 52.5 Å². The molecule has 1 heterocycles. The number of halogens is 5. The maximum atomic E-state index is 12.9. The molecule has 0 amide bonds. The number of nitrogens with zero attached hydrogens (tertiary/aromatic N) is 1. The summed E-state index contributed by atoms with van der Waals surface area (Å²) < 4.78 is 74.6. The summed E-state index contributed by atoms with van der Waals surface area (Å²) in [7, 11) is -4.06. The van der Waals surface area contributed by atoms with Crippen molar-refractivity contribution in [2.24, 2.45) is 0 Å². The Kier molecular flexibility index (Phi) is 7.72. The van der Waals surface area contributed by atoms with Crippen LogP contribution in [0.5, 0.6) is 5.75 Å². The van der Waals surface area contributed by atoms with Gasteiger partial charge in [0.1, 0.15) is 5.75 Å². The Bertz CT molecular complexity index is 998. The normalized spacial score (nSPS) is 16.8. The van der Waals surface area contributed by atoms with Gasteiger partial charge in [0, 0.05) is 19.6 Å². The largest absolute Gasteiger partial charge is 0.573 e. The molecule has 12 heteroatoms. The fraction of sp³-hybridized carbons (Fsp3) is 0.368. The van der Waals surface area contributed by atoms with Gasteiger partial charge in [-0.2, -0.15) is 0 Å². The SMILES string of the molecule is O=S(=O)(N[C@H](CN1CCOCC1)c1ccc(Cl)c(Cl)c1)c1ccc(OC(F)(F)F)cc1. The van der Waals surface area contributed by atoms with Crippen LogP contribution < -0.4 is 9.46 Å². The smallest absolute Gasteiger partial charge is 0.406 e. The topological polar surface area (TPSA) is 67.9 Å². The lowest BCUT2D eigenvalue weighted by Crippen LogP contribution is -2.43. The van der Waals surface area contributed by atoms with Crippen molar-refractivity contribution in [1.29, 1.82) is 0 Å². The highest BCUT2D eigenvalue weighted by Crippen LogP contribution is 2.28. The average molecular weight is 499 g/mol. The first kappa shape index (κ1) is 24.1. The van der Waals surface area contributed by atoms with E-state index in [4.69, 9.17) is 27.9 Å². The lowest BCUT2D eigenvalue weighted by atomic mass is 10.1. The molecule has 1 aliphatic rings. The number of nitrogens with one attached hydrogen (secondary N) is 1. The average Bonchev–Trinajstić information content (AvgIpc) is 2.69. The van der Waals surface area contributed by atoms with Crippen LogP contribution in [0.25, 0.3) is 0 Å². The van der Waals surface area contributed by atoms with Gasteiger partial charge in [-0.25, -0.2) is 13.1 Å². The molecule has 31 heavy (non-hydrogen) atoms. The molecule has 1 saturated heterocycles. The first-order valence-electron chi connectivity index (χ1n) is 9.17. The van der Waals surface area contributed by atoms with Crippen molar-refractivity contribution in [3.05, 3.63) is 58.1 Å². The van der Waals surface area contributed by atoms with E-state index in [1.165, 1.54) is 0 Å². The quantitative estimate of drug-likeness (QED) is 0.618. The first-order valence-corrected chi connectivity index (χ1v) is 11.4. The number of hydrogen-bond donors (Lipinski definition) is 1.